The first-order valence-corrected chi connectivity index (χ1v) is 12.5. The molecule has 0 saturated heterocycles. The molecule has 3 rings (SSSR count). The van der Waals surface area contributed by atoms with Crippen molar-refractivity contribution in [3.8, 4) is 0 Å². The Labute approximate surface area is 180 Å². The summed E-state index contributed by atoms with van der Waals surface area (Å²) in [5, 5.41) is 3.05. The van der Waals surface area contributed by atoms with Crippen molar-refractivity contribution >= 4 is 21.6 Å². The first kappa shape index (κ1) is 22.3. The van der Waals surface area contributed by atoms with Crippen molar-refractivity contribution in [3.05, 3.63) is 64.2 Å². The van der Waals surface area contributed by atoms with Crippen LogP contribution in [0.25, 0.3) is 0 Å². The van der Waals surface area contributed by atoms with Crippen molar-refractivity contribution in [2.24, 2.45) is 0 Å². The molecular weight excluding hydrogens is 396 g/mol. The third kappa shape index (κ3) is 5.42. The summed E-state index contributed by atoms with van der Waals surface area (Å²) in [6, 6.07) is 11.9. The topological polar surface area (TPSA) is 66.5 Å². The van der Waals surface area contributed by atoms with Crippen molar-refractivity contribution in [1.29, 1.82) is 0 Å². The number of carbonyl (C=O) groups excluding carboxylic acids is 1. The lowest BCUT2D eigenvalue weighted by atomic mass is 9.89. The van der Waals surface area contributed by atoms with Crippen LogP contribution in [0, 0.1) is 13.8 Å². The van der Waals surface area contributed by atoms with E-state index in [0.717, 1.165) is 42.2 Å². The number of hydrogen-bond acceptors (Lipinski definition) is 3. The molecule has 5 nitrogen and oxygen atoms in total. The van der Waals surface area contributed by atoms with Crippen LogP contribution >= 0.6 is 0 Å². The summed E-state index contributed by atoms with van der Waals surface area (Å²) < 4.78 is 26.0. The van der Waals surface area contributed by atoms with E-state index in [4.69, 9.17) is 0 Å². The van der Waals surface area contributed by atoms with Crippen LogP contribution in [-0.2, 0) is 27.7 Å². The van der Waals surface area contributed by atoms with Gasteiger partial charge in [-0.05, 0) is 85.9 Å². The molecule has 1 N–H and O–H groups in total. The molecule has 6 heteroatoms. The maximum absolute atomic E-state index is 12.9. The summed E-state index contributed by atoms with van der Waals surface area (Å²) in [6.45, 7) is 5.63. The predicted octanol–water partition coefficient (Wildman–Crippen LogP) is 4.22. The van der Waals surface area contributed by atoms with Gasteiger partial charge in [-0.3, -0.25) is 9.10 Å². The molecule has 0 radical (unpaired) electrons. The SMILES string of the molecule is CC[C@H](NC(=O)CN(c1cc(C)cc(C)c1)S(C)(=O)=O)c1ccc2c(c1)CCCC2. The van der Waals surface area contributed by atoms with Gasteiger partial charge in [-0.25, -0.2) is 8.42 Å². The Bertz CT molecular complexity index is 1010. The zero-order valence-electron chi connectivity index (χ0n) is 18.4. The van der Waals surface area contributed by atoms with Crippen LogP contribution in [0.1, 0.15) is 60.0 Å². The highest BCUT2D eigenvalue weighted by Gasteiger charge is 2.23. The summed E-state index contributed by atoms with van der Waals surface area (Å²) in [4.78, 5) is 12.9. The lowest BCUT2D eigenvalue weighted by Gasteiger charge is -2.25. The quantitative estimate of drug-likeness (QED) is 0.718. The number of fused-ring (bicyclic) bond motifs is 1. The van der Waals surface area contributed by atoms with E-state index in [1.807, 2.05) is 26.8 Å². The average molecular weight is 429 g/mol. The molecule has 0 aliphatic heterocycles. The highest BCUT2D eigenvalue weighted by Crippen LogP contribution is 2.26. The molecule has 162 valence electrons. The number of anilines is 1. The lowest BCUT2D eigenvalue weighted by Crippen LogP contribution is -2.41. The Morgan fingerprint density at radius 3 is 2.27 bits per heavy atom. The molecule has 1 aliphatic rings. The molecule has 2 aromatic carbocycles. The fraction of sp³-hybridized carbons (Fsp3) is 0.458. The Morgan fingerprint density at radius 2 is 1.67 bits per heavy atom. The third-order valence-electron chi connectivity index (χ3n) is 5.70. The lowest BCUT2D eigenvalue weighted by molar-refractivity contribution is -0.120. The number of benzene rings is 2. The van der Waals surface area contributed by atoms with E-state index >= 15 is 0 Å². The summed E-state index contributed by atoms with van der Waals surface area (Å²) in [5.74, 6) is -0.302. The highest BCUT2D eigenvalue weighted by atomic mass is 32.2. The van der Waals surface area contributed by atoms with Gasteiger partial charge in [0.25, 0.3) is 0 Å². The zero-order chi connectivity index (χ0) is 21.9. The van der Waals surface area contributed by atoms with E-state index in [2.05, 4.69) is 23.5 Å². The average Bonchev–Trinajstić information content (AvgIpc) is 2.68. The highest BCUT2D eigenvalue weighted by molar-refractivity contribution is 7.92. The van der Waals surface area contributed by atoms with Crippen LogP contribution in [-0.4, -0.2) is 27.1 Å². The minimum atomic E-state index is -3.59. The molecule has 1 atom stereocenters. The molecule has 0 aromatic heterocycles. The van der Waals surface area contributed by atoms with Gasteiger partial charge < -0.3 is 5.32 Å². The Balaban J connectivity index is 1.78. The number of nitrogens with one attached hydrogen (secondary N) is 1. The first-order valence-electron chi connectivity index (χ1n) is 10.6. The number of carbonyl (C=O) groups is 1. The van der Waals surface area contributed by atoms with E-state index in [0.29, 0.717) is 5.69 Å². The Kier molecular flexibility index (Phi) is 6.86. The Hall–Kier alpha value is -2.34. The fourth-order valence-electron chi connectivity index (χ4n) is 4.26. The van der Waals surface area contributed by atoms with E-state index < -0.39 is 10.0 Å². The fourth-order valence-corrected chi connectivity index (χ4v) is 5.10. The van der Waals surface area contributed by atoms with Gasteiger partial charge >= 0.3 is 0 Å². The summed E-state index contributed by atoms with van der Waals surface area (Å²) >= 11 is 0. The van der Waals surface area contributed by atoms with Gasteiger partial charge in [0.05, 0.1) is 18.0 Å². The van der Waals surface area contributed by atoms with Gasteiger partial charge in [-0.2, -0.15) is 0 Å². The van der Waals surface area contributed by atoms with Crippen molar-refractivity contribution in [1.82, 2.24) is 5.32 Å². The number of amides is 1. The molecule has 0 bridgehead atoms. The largest absolute Gasteiger partial charge is 0.348 e. The number of aryl methyl sites for hydroxylation is 4. The van der Waals surface area contributed by atoms with Crippen LogP contribution in [0.15, 0.2) is 36.4 Å². The van der Waals surface area contributed by atoms with Gasteiger partial charge in [0.15, 0.2) is 0 Å². The van der Waals surface area contributed by atoms with Crippen molar-refractivity contribution in [2.45, 2.75) is 58.9 Å². The van der Waals surface area contributed by atoms with Crippen molar-refractivity contribution in [2.75, 3.05) is 17.1 Å². The molecule has 1 amide bonds. The molecule has 30 heavy (non-hydrogen) atoms. The normalized spacial score (nSPS) is 14.7. The van der Waals surface area contributed by atoms with Gasteiger partial charge in [0.2, 0.25) is 15.9 Å². The maximum atomic E-state index is 12.9. The second-order valence-corrected chi connectivity index (χ2v) is 10.3. The minimum Gasteiger partial charge on any atom is -0.348 e. The van der Waals surface area contributed by atoms with Crippen LogP contribution in [0.3, 0.4) is 0 Å². The van der Waals surface area contributed by atoms with Gasteiger partial charge in [0.1, 0.15) is 6.54 Å². The minimum absolute atomic E-state index is 0.134. The summed E-state index contributed by atoms with van der Waals surface area (Å²) in [7, 11) is -3.59. The number of nitrogens with zero attached hydrogens (tertiary/aromatic N) is 1. The standard InChI is InChI=1S/C24H32N2O3S/c1-5-23(21-11-10-19-8-6-7-9-20(19)15-21)25-24(27)16-26(30(4,28)29)22-13-17(2)12-18(3)14-22/h10-15,23H,5-9,16H2,1-4H3,(H,25,27)/t23-/m0/s1. The van der Waals surface area contributed by atoms with Crippen LogP contribution in [0.4, 0.5) is 5.69 Å². The Morgan fingerprint density at radius 1 is 1.03 bits per heavy atom. The summed E-state index contributed by atoms with van der Waals surface area (Å²) in [6.07, 6.45) is 6.53. The maximum Gasteiger partial charge on any atom is 0.241 e. The molecular formula is C24H32N2O3S. The number of hydrogen-bond donors (Lipinski definition) is 1. The van der Waals surface area contributed by atoms with Crippen LogP contribution in [0.5, 0.6) is 0 Å². The van der Waals surface area contributed by atoms with E-state index in [1.54, 1.807) is 12.1 Å². The van der Waals surface area contributed by atoms with E-state index in [1.165, 1.54) is 28.3 Å². The second-order valence-electron chi connectivity index (χ2n) is 8.38. The van der Waals surface area contributed by atoms with Crippen molar-refractivity contribution in [3.63, 3.8) is 0 Å². The predicted molar refractivity (Wildman–Crippen MR) is 122 cm³/mol. The monoisotopic (exact) mass is 428 g/mol. The van der Waals surface area contributed by atoms with E-state index in [9.17, 15) is 13.2 Å². The van der Waals surface area contributed by atoms with Crippen LogP contribution < -0.4 is 9.62 Å². The number of rotatable bonds is 7. The molecule has 2 aromatic rings. The molecule has 0 heterocycles. The smallest absolute Gasteiger partial charge is 0.241 e. The molecule has 1 aliphatic carbocycles. The third-order valence-corrected chi connectivity index (χ3v) is 6.84. The van der Waals surface area contributed by atoms with E-state index in [-0.39, 0.29) is 18.5 Å². The number of sulfonamides is 1. The van der Waals surface area contributed by atoms with Crippen LogP contribution in [0.2, 0.25) is 0 Å². The molecule has 0 fully saturated rings. The van der Waals surface area contributed by atoms with Gasteiger partial charge in [-0.1, -0.05) is 31.2 Å². The zero-order valence-corrected chi connectivity index (χ0v) is 19.2. The molecule has 0 saturated carbocycles. The molecule has 0 spiro atoms. The van der Waals surface area contributed by atoms with Gasteiger partial charge in [0, 0.05) is 0 Å². The second kappa shape index (κ2) is 9.21. The summed E-state index contributed by atoms with van der Waals surface area (Å²) in [5.41, 5.74) is 6.30. The first-order chi connectivity index (χ1) is 14.2. The molecule has 0 unspecified atom stereocenters. The van der Waals surface area contributed by atoms with Gasteiger partial charge in [-0.15, -0.1) is 0 Å². The van der Waals surface area contributed by atoms with Crippen molar-refractivity contribution < 1.29 is 13.2 Å².